The molecule has 9 nitrogen and oxygen atoms in total. The summed E-state index contributed by atoms with van der Waals surface area (Å²) in [7, 11) is 0. The van der Waals surface area contributed by atoms with Gasteiger partial charge in [-0.05, 0) is 97.4 Å². The number of rotatable bonds is 10. The van der Waals surface area contributed by atoms with E-state index in [1.54, 1.807) is 31.2 Å². The molecular formula is C42H51N5O4. The highest BCUT2D eigenvalue weighted by Crippen LogP contribution is 2.38. The van der Waals surface area contributed by atoms with Crippen molar-refractivity contribution in [3.8, 4) is 6.07 Å². The van der Waals surface area contributed by atoms with Crippen LogP contribution in [0.5, 0.6) is 0 Å². The first-order valence-corrected chi connectivity index (χ1v) is 17.7. The Morgan fingerprint density at radius 2 is 1.45 bits per heavy atom. The number of aryl methyl sites for hydroxylation is 2. The molecule has 268 valence electrons. The highest BCUT2D eigenvalue weighted by molar-refractivity contribution is 6.21. The number of imide groups is 2. The zero-order valence-corrected chi connectivity index (χ0v) is 31.9. The fraction of sp³-hybridized carbons (Fsp3) is 0.429. The molecule has 0 N–H and O–H groups in total. The highest BCUT2D eigenvalue weighted by atomic mass is 16.2. The van der Waals surface area contributed by atoms with Crippen molar-refractivity contribution in [3.63, 3.8) is 0 Å². The number of hydrazine groups is 1. The van der Waals surface area contributed by atoms with Crippen molar-refractivity contribution in [1.29, 1.82) is 5.26 Å². The summed E-state index contributed by atoms with van der Waals surface area (Å²) >= 11 is 0. The van der Waals surface area contributed by atoms with E-state index in [0.29, 0.717) is 40.1 Å². The summed E-state index contributed by atoms with van der Waals surface area (Å²) in [5.74, 6) is -0.999. The van der Waals surface area contributed by atoms with Crippen molar-refractivity contribution in [2.45, 2.75) is 82.6 Å². The van der Waals surface area contributed by atoms with Crippen molar-refractivity contribution in [2.75, 3.05) is 13.1 Å². The molecule has 0 spiro atoms. The minimum absolute atomic E-state index is 0.0443. The predicted molar refractivity (Wildman–Crippen MR) is 201 cm³/mol. The molecule has 0 saturated heterocycles. The van der Waals surface area contributed by atoms with E-state index in [2.05, 4.69) is 72.4 Å². The molecule has 51 heavy (non-hydrogen) atoms. The Balaban J connectivity index is 1.94. The Hall–Kier alpha value is -5.10. The average Bonchev–Trinajstić information content (AvgIpc) is 3.49. The van der Waals surface area contributed by atoms with Crippen LogP contribution in [0.2, 0.25) is 0 Å². The quantitative estimate of drug-likeness (QED) is 0.186. The second kappa shape index (κ2) is 15.8. The van der Waals surface area contributed by atoms with Gasteiger partial charge in [0.1, 0.15) is 17.5 Å². The highest BCUT2D eigenvalue weighted by Gasteiger charge is 2.43. The fourth-order valence-corrected chi connectivity index (χ4v) is 6.23. The largest absolute Gasteiger partial charge is 0.359 e. The van der Waals surface area contributed by atoms with Gasteiger partial charge in [-0.2, -0.15) is 15.3 Å². The number of aliphatic imine (C=N–C) groups is 1. The number of amides is 4. The molecule has 0 aromatic heterocycles. The second-order valence-electron chi connectivity index (χ2n) is 14.7. The molecular weight excluding hydrogens is 638 g/mol. The Morgan fingerprint density at radius 1 is 0.882 bits per heavy atom. The normalized spacial score (nSPS) is 17.0. The van der Waals surface area contributed by atoms with Gasteiger partial charge in [-0.3, -0.25) is 19.2 Å². The lowest BCUT2D eigenvalue weighted by atomic mass is 9.90. The van der Waals surface area contributed by atoms with Gasteiger partial charge in [-0.1, -0.05) is 71.9 Å². The zero-order valence-electron chi connectivity index (χ0n) is 31.9. The minimum atomic E-state index is -1.03. The van der Waals surface area contributed by atoms with Gasteiger partial charge in [-0.15, -0.1) is 0 Å². The van der Waals surface area contributed by atoms with E-state index in [0.717, 1.165) is 59.4 Å². The molecule has 0 aliphatic carbocycles. The number of amidine groups is 1. The van der Waals surface area contributed by atoms with Gasteiger partial charge in [-0.25, -0.2) is 4.99 Å². The molecule has 0 bridgehead atoms. The smallest absolute Gasteiger partial charge is 0.291 e. The molecule has 4 amide bonds. The Morgan fingerprint density at radius 3 is 1.98 bits per heavy atom. The number of allylic oxidation sites excluding steroid dienone is 1. The SMILES string of the molecule is CC(=O)N(C(=O)c1ccccc1)N1C(=O)C(C#N)=C(C)/C(=C/C2=C(c3c(C)ccc(C)c3C)N=C(N(CC(C)C(C)C)CC(C)C(C)C)C2)C1=O. The van der Waals surface area contributed by atoms with Crippen molar-refractivity contribution >= 4 is 35.2 Å². The first kappa shape index (κ1) is 38.7. The van der Waals surface area contributed by atoms with Gasteiger partial charge < -0.3 is 4.90 Å². The lowest BCUT2D eigenvalue weighted by molar-refractivity contribution is -0.163. The molecule has 2 aliphatic rings. The summed E-state index contributed by atoms with van der Waals surface area (Å²) in [4.78, 5) is 62.5. The summed E-state index contributed by atoms with van der Waals surface area (Å²) in [6.07, 6.45) is 2.11. The lowest BCUT2D eigenvalue weighted by Crippen LogP contribution is -2.57. The van der Waals surface area contributed by atoms with Crippen molar-refractivity contribution in [1.82, 2.24) is 14.9 Å². The third-order valence-corrected chi connectivity index (χ3v) is 10.5. The Kier molecular flexibility index (Phi) is 12.0. The Bertz CT molecular complexity index is 1890. The molecule has 2 atom stereocenters. The van der Waals surface area contributed by atoms with Crippen molar-refractivity contribution < 1.29 is 19.2 Å². The summed E-state index contributed by atoms with van der Waals surface area (Å²) < 4.78 is 0. The molecule has 2 unspecified atom stereocenters. The molecule has 9 heteroatoms. The van der Waals surface area contributed by atoms with Crippen LogP contribution in [0.3, 0.4) is 0 Å². The minimum Gasteiger partial charge on any atom is -0.359 e. The van der Waals surface area contributed by atoms with Gasteiger partial charge in [0.25, 0.3) is 17.7 Å². The van der Waals surface area contributed by atoms with Crippen LogP contribution in [0.25, 0.3) is 5.70 Å². The molecule has 2 aliphatic heterocycles. The molecule has 0 radical (unpaired) electrons. The first-order chi connectivity index (χ1) is 24.0. The second-order valence-corrected chi connectivity index (χ2v) is 14.7. The predicted octanol–water partition coefficient (Wildman–Crippen LogP) is 7.75. The third kappa shape index (κ3) is 7.96. The molecule has 0 fully saturated rings. The van der Waals surface area contributed by atoms with Gasteiger partial charge in [0.15, 0.2) is 0 Å². The van der Waals surface area contributed by atoms with Crippen molar-refractivity contribution in [3.05, 3.63) is 98.7 Å². The molecule has 0 saturated carbocycles. The number of carbonyl (C=O) groups is 4. The maximum atomic E-state index is 14.4. The number of hydrogen-bond acceptors (Lipinski definition) is 7. The van der Waals surface area contributed by atoms with Crippen LogP contribution in [0.1, 0.15) is 94.4 Å². The summed E-state index contributed by atoms with van der Waals surface area (Å²) in [5, 5.41) is 11.2. The van der Waals surface area contributed by atoms with Gasteiger partial charge in [0, 0.05) is 43.1 Å². The molecule has 2 heterocycles. The average molecular weight is 690 g/mol. The van der Waals surface area contributed by atoms with Crippen molar-refractivity contribution in [2.24, 2.45) is 28.7 Å². The van der Waals surface area contributed by atoms with Crippen LogP contribution in [0.15, 0.2) is 75.8 Å². The van der Waals surface area contributed by atoms with Gasteiger partial charge in [0.05, 0.1) is 5.70 Å². The van der Waals surface area contributed by atoms with Crippen LogP contribution in [-0.2, 0) is 14.4 Å². The number of benzene rings is 2. The van der Waals surface area contributed by atoms with E-state index in [4.69, 9.17) is 4.99 Å². The van der Waals surface area contributed by atoms with Crippen LogP contribution >= 0.6 is 0 Å². The van der Waals surface area contributed by atoms with E-state index < -0.39 is 23.6 Å². The Labute approximate surface area is 303 Å². The maximum absolute atomic E-state index is 14.4. The number of nitriles is 1. The van der Waals surface area contributed by atoms with E-state index in [1.807, 2.05) is 13.0 Å². The molecule has 2 aromatic carbocycles. The molecule has 4 rings (SSSR count). The zero-order chi connectivity index (χ0) is 37.9. The van der Waals surface area contributed by atoms with Crippen LogP contribution in [0.4, 0.5) is 0 Å². The van der Waals surface area contributed by atoms with E-state index >= 15 is 0 Å². The van der Waals surface area contributed by atoms with E-state index in [9.17, 15) is 24.4 Å². The topological polar surface area (TPSA) is 114 Å². The van der Waals surface area contributed by atoms with E-state index in [-0.39, 0.29) is 22.3 Å². The first-order valence-electron chi connectivity index (χ1n) is 17.7. The van der Waals surface area contributed by atoms with Crippen LogP contribution in [-0.4, -0.2) is 57.5 Å². The van der Waals surface area contributed by atoms with Gasteiger partial charge in [0.2, 0.25) is 5.91 Å². The van der Waals surface area contributed by atoms with Crippen LogP contribution in [0, 0.1) is 55.8 Å². The standard InChI is InChI=1S/C42H51N5O4/c1-24(2)28(7)22-45(23-29(8)25(3)4)37-20-34(39(44-37)38-27(6)18-17-26(5)30(38)9)19-35-31(10)36(21-43)42(51)47(41(35)50)46(32(11)48)40(49)33-15-13-12-14-16-33/h12-19,24-25,28-29H,20,22-23H2,1-11H3/b35-19-. The molecule has 2 aromatic rings. The maximum Gasteiger partial charge on any atom is 0.291 e. The number of carbonyl (C=O) groups excluding carboxylic acids is 4. The van der Waals surface area contributed by atoms with E-state index in [1.165, 1.54) is 12.1 Å². The third-order valence-electron chi connectivity index (χ3n) is 10.5. The fourth-order valence-electron chi connectivity index (χ4n) is 6.23. The summed E-state index contributed by atoms with van der Waals surface area (Å²) in [5.41, 5.74) is 5.64. The van der Waals surface area contributed by atoms with Crippen LogP contribution < -0.4 is 0 Å². The summed E-state index contributed by atoms with van der Waals surface area (Å²) in [6, 6.07) is 14.0. The monoisotopic (exact) mass is 689 g/mol. The van der Waals surface area contributed by atoms with Gasteiger partial charge >= 0.3 is 0 Å². The summed E-state index contributed by atoms with van der Waals surface area (Å²) in [6.45, 7) is 23.8. The number of nitrogens with zero attached hydrogens (tertiary/aromatic N) is 5. The number of hydrogen-bond donors (Lipinski definition) is 0. The lowest BCUT2D eigenvalue weighted by Gasteiger charge is -2.34.